The van der Waals surface area contributed by atoms with Gasteiger partial charge in [0.05, 0.1) is 0 Å². The summed E-state index contributed by atoms with van der Waals surface area (Å²) in [4.78, 5) is 2.51. The molecule has 0 N–H and O–H groups in total. The van der Waals surface area contributed by atoms with Crippen molar-refractivity contribution >= 4 is 22.9 Å². The Morgan fingerprint density at radius 1 is 0.480 bits per heavy atom. The third-order valence-corrected chi connectivity index (χ3v) is 5.49. The normalized spacial score (nSPS) is 10.6. The lowest BCUT2D eigenvalue weighted by Crippen LogP contribution is -1.83. The molecule has 0 aliphatic carbocycles. The topological polar surface area (TPSA) is 0 Å². The van der Waals surface area contributed by atoms with E-state index >= 15 is 0 Å². The molecule has 4 rings (SSSR count). The summed E-state index contributed by atoms with van der Waals surface area (Å²) in [6.45, 7) is 0. The zero-order valence-corrected chi connectivity index (χ0v) is 15.1. The summed E-state index contributed by atoms with van der Waals surface area (Å²) in [5.74, 6) is 0. The molecule has 0 aliphatic heterocycles. The van der Waals surface area contributed by atoms with Crippen LogP contribution < -0.4 is 0 Å². The molecule has 0 bridgehead atoms. The van der Waals surface area contributed by atoms with E-state index in [-0.39, 0.29) is 0 Å². The third-order valence-electron chi connectivity index (χ3n) is 4.09. The van der Waals surface area contributed by atoms with E-state index in [0.29, 0.717) is 0 Å². The van der Waals surface area contributed by atoms with E-state index in [1.165, 1.54) is 32.0 Å². The van der Waals surface area contributed by atoms with Crippen molar-refractivity contribution in [2.24, 2.45) is 0 Å². The Labute approximate surface area is 157 Å². The standard InChI is InChI=1S/C23H16ClS/c24-21-13-11-17(12-14-21)20-15-22(18-7-3-1-4-8-18)25-23(16-20)19-9-5-2-6-10-19/h1-16H/q+1. The molecule has 4 aromatic rings. The predicted molar refractivity (Wildman–Crippen MR) is 110 cm³/mol. The first-order chi connectivity index (χ1) is 12.3. The first-order valence-electron chi connectivity index (χ1n) is 8.14. The molecule has 0 amide bonds. The van der Waals surface area contributed by atoms with Crippen LogP contribution in [-0.4, -0.2) is 0 Å². The molecule has 120 valence electrons. The highest BCUT2D eigenvalue weighted by molar-refractivity contribution is 7.18. The van der Waals surface area contributed by atoms with Gasteiger partial charge < -0.3 is 0 Å². The lowest BCUT2D eigenvalue weighted by molar-refractivity contribution is 1.62. The van der Waals surface area contributed by atoms with Crippen LogP contribution in [0.2, 0.25) is 5.02 Å². The number of rotatable bonds is 3. The maximum atomic E-state index is 6.06. The van der Waals surface area contributed by atoms with Gasteiger partial charge in [0.15, 0.2) is 0 Å². The summed E-state index contributed by atoms with van der Waals surface area (Å²) in [5, 5.41) is 0.758. The second-order valence-electron chi connectivity index (χ2n) is 5.81. The Morgan fingerprint density at radius 2 is 0.960 bits per heavy atom. The molecule has 0 atom stereocenters. The molecule has 0 radical (unpaired) electrons. The van der Waals surface area contributed by atoms with Crippen LogP contribution in [-0.2, 0) is 0 Å². The smallest absolute Gasteiger partial charge is 0.0843 e. The molecule has 2 heteroatoms. The average molecular weight is 360 g/mol. The predicted octanol–water partition coefficient (Wildman–Crippen LogP) is 7.68. The zero-order valence-electron chi connectivity index (χ0n) is 13.5. The van der Waals surface area contributed by atoms with Crippen LogP contribution in [0.5, 0.6) is 0 Å². The van der Waals surface area contributed by atoms with E-state index in [1.807, 2.05) is 23.5 Å². The van der Waals surface area contributed by atoms with Gasteiger partial charge in [-0.15, -0.1) is 0 Å². The van der Waals surface area contributed by atoms with Gasteiger partial charge in [0, 0.05) is 28.3 Å². The molecular formula is C23H16ClS+. The average Bonchev–Trinajstić information content (AvgIpc) is 2.69. The van der Waals surface area contributed by atoms with Gasteiger partial charge in [-0.1, -0.05) is 60.1 Å². The summed E-state index contributed by atoms with van der Waals surface area (Å²) in [6.07, 6.45) is 0. The first kappa shape index (κ1) is 16.0. The molecule has 3 aromatic carbocycles. The van der Waals surface area contributed by atoms with Crippen LogP contribution in [0.3, 0.4) is 0 Å². The molecule has 0 fully saturated rings. The summed E-state index contributed by atoms with van der Waals surface area (Å²) in [7, 11) is 0. The van der Waals surface area contributed by atoms with Crippen molar-refractivity contribution in [2.45, 2.75) is 0 Å². The zero-order chi connectivity index (χ0) is 17.1. The monoisotopic (exact) mass is 359 g/mol. The van der Waals surface area contributed by atoms with Crippen LogP contribution in [0, 0.1) is 0 Å². The minimum atomic E-state index is 0.758. The molecule has 0 aliphatic rings. The van der Waals surface area contributed by atoms with E-state index in [9.17, 15) is 0 Å². The minimum absolute atomic E-state index is 0.758. The molecule has 1 heterocycles. The van der Waals surface area contributed by atoms with E-state index in [4.69, 9.17) is 11.6 Å². The summed E-state index contributed by atoms with van der Waals surface area (Å²) < 4.78 is 0. The van der Waals surface area contributed by atoms with Crippen LogP contribution in [0.4, 0.5) is 0 Å². The Bertz CT molecular complexity index is 920. The van der Waals surface area contributed by atoms with Gasteiger partial charge in [0.25, 0.3) is 0 Å². The largest absolute Gasteiger partial charge is 0.239 e. The van der Waals surface area contributed by atoms with Gasteiger partial charge in [-0.25, -0.2) is 0 Å². The number of benzene rings is 3. The van der Waals surface area contributed by atoms with Crippen LogP contribution in [0.25, 0.3) is 32.0 Å². The summed E-state index contributed by atoms with van der Waals surface area (Å²) >= 11 is 7.87. The summed E-state index contributed by atoms with van der Waals surface area (Å²) in [5.41, 5.74) is 4.85. The molecule has 0 saturated heterocycles. The summed E-state index contributed by atoms with van der Waals surface area (Å²) in [6, 6.07) is 33.6. The minimum Gasteiger partial charge on any atom is -0.0843 e. The molecular weight excluding hydrogens is 344 g/mol. The lowest BCUT2D eigenvalue weighted by Gasteiger charge is -2.03. The van der Waals surface area contributed by atoms with Gasteiger partial charge in [-0.3, -0.25) is 0 Å². The highest BCUT2D eigenvalue weighted by Crippen LogP contribution is 2.37. The van der Waals surface area contributed by atoms with E-state index in [1.54, 1.807) is 0 Å². The molecule has 1 aromatic heterocycles. The Morgan fingerprint density at radius 3 is 1.44 bits per heavy atom. The fraction of sp³-hybridized carbons (Fsp3) is 0. The molecule has 0 saturated carbocycles. The van der Waals surface area contributed by atoms with Crippen molar-refractivity contribution < 1.29 is 0 Å². The highest BCUT2D eigenvalue weighted by Gasteiger charge is 2.18. The van der Waals surface area contributed by atoms with Crippen molar-refractivity contribution in [3.05, 3.63) is 102 Å². The maximum absolute atomic E-state index is 6.06. The van der Waals surface area contributed by atoms with Crippen LogP contribution in [0.15, 0.2) is 97.1 Å². The van der Waals surface area contributed by atoms with E-state index in [0.717, 1.165) is 5.02 Å². The van der Waals surface area contributed by atoms with Gasteiger partial charge in [0.1, 0.15) is 0 Å². The Kier molecular flexibility index (Phi) is 4.60. The number of halogens is 1. The van der Waals surface area contributed by atoms with Gasteiger partial charge >= 0.3 is 0 Å². The van der Waals surface area contributed by atoms with Gasteiger partial charge in [0.2, 0.25) is 21.1 Å². The number of hydrogen-bond acceptors (Lipinski definition) is 0. The fourth-order valence-electron chi connectivity index (χ4n) is 2.80. The van der Waals surface area contributed by atoms with Gasteiger partial charge in [-0.05, 0) is 47.5 Å². The third kappa shape index (κ3) is 3.63. The Hall–Kier alpha value is -2.48. The SMILES string of the molecule is Clc1ccc(-c2cc(-c3ccccc3)[s+]c(-c3ccccc3)c2)cc1. The Balaban J connectivity index is 1.90. The molecule has 0 nitrogen and oxygen atoms in total. The van der Waals surface area contributed by atoms with Crippen LogP contribution >= 0.6 is 22.9 Å². The lowest BCUT2D eigenvalue weighted by atomic mass is 10.0. The number of hydrogen-bond donors (Lipinski definition) is 0. The van der Waals surface area contributed by atoms with Gasteiger partial charge in [-0.2, -0.15) is 0 Å². The van der Waals surface area contributed by atoms with Crippen molar-refractivity contribution in [1.29, 1.82) is 0 Å². The van der Waals surface area contributed by atoms with Crippen LogP contribution in [0.1, 0.15) is 0 Å². The molecule has 25 heavy (non-hydrogen) atoms. The van der Waals surface area contributed by atoms with E-state index in [2.05, 4.69) is 84.9 Å². The van der Waals surface area contributed by atoms with Crippen molar-refractivity contribution in [3.8, 4) is 32.0 Å². The second-order valence-corrected chi connectivity index (χ2v) is 7.33. The van der Waals surface area contributed by atoms with E-state index < -0.39 is 0 Å². The molecule has 0 unspecified atom stereocenters. The quantitative estimate of drug-likeness (QED) is 0.329. The first-order valence-corrected chi connectivity index (χ1v) is 9.34. The van der Waals surface area contributed by atoms with Crippen molar-refractivity contribution in [1.82, 2.24) is 0 Å². The maximum Gasteiger partial charge on any atom is 0.239 e. The fourth-order valence-corrected chi connectivity index (χ4v) is 4.04. The van der Waals surface area contributed by atoms with Crippen molar-refractivity contribution in [2.75, 3.05) is 0 Å². The molecule has 0 spiro atoms. The second kappa shape index (κ2) is 7.18. The van der Waals surface area contributed by atoms with Crippen molar-refractivity contribution in [3.63, 3.8) is 0 Å². The highest BCUT2D eigenvalue weighted by atomic mass is 35.5.